The summed E-state index contributed by atoms with van der Waals surface area (Å²) >= 11 is 3.61. The summed E-state index contributed by atoms with van der Waals surface area (Å²) in [5, 5.41) is 2.87. The third-order valence-electron chi connectivity index (χ3n) is 3.91. The van der Waals surface area contributed by atoms with Gasteiger partial charge in [-0.05, 0) is 65.7 Å². The van der Waals surface area contributed by atoms with Crippen molar-refractivity contribution in [2.45, 2.75) is 20.0 Å². The summed E-state index contributed by atoms with van der Waals surface area (Å²) in [5.74, 6) is 0.538. The maximum atomic E-state index is 11.8. The number of fused-ring (bicyclic) bond motifs is 2. The average Bonchev–Trinajstić information content (AvgIpc) is 2.84. The summed E-state index contributed by atoms with van der Waals surface area (Å²) < 4.78 is 8.45. The number of anilines is 1. The number of carbonyl (C=O) groups excluding carboxylic acids is 1. The van der Waals surface area contributed by atoms with Crippen molar-refractivity contribution in [2.24, 2.45) is 0 Å². The molecule has 1 aromatic carbocycles. The number of imidazole rings is 1. The van der Waals surface area contributed by atoms with Crippen molar-refractivity contribution < 1.29 is 9.53 Å². The van der Waals surface area contributed by atoms with Crippen LogP contribution in [0, 0.1) is 6.92 Å². The molecule has 2 aromatic heterocycles. The van der Waals surface area contributed by atoms with Crippen LogP contribution in [-0.4, -0.2) is 21.4 Å². The molecule has 0 saturated carbocycles. The lowest BCUT2D eigenvalue weighted by Gasteiger charge is -2.23. The number of nitrogens with zero attached hydrogens (tertiary/aromatic N) is 2. The van der Waals surface area contributed by atoms with Crippen LogP contribution in [0.15, 0.2) is 41.1 Å². The summed E-state index contributed by atoms with van der Waals surface area (Å²) in [7, 11) is 0. The van der Waals surface area contributed by atoms with E-state index in [0.717, 1.165) is 27.1 Å². The van der Waals surface area contributed by atoms with E-state index in [1.54, 1.807) is 6.92 Å². The van der Waals surface area contributed by atoms with Gasteiger partial charge in [0.15, 0.2) is 6.10 Å². The van der Waals surface area contributed by atoms with Crippen molar-refractivity contribution in [3.05, 3.63) is 46.7 Å². The second-order valence-electron chi connectivity index (χ2n) is 5.64. The Labute approximate surface area is 141 Å². The highest BCUT2D eigenvalue weighted by Gasteiger charge is 2.24. The molecule has 5 nitrogen and oxygen atoms in total. The number of carbonyl (C=O) groups is 1. The number of ether oxygens (including phenoxy) is 1. The Morgan fingerprint density at radius 3 is 2.96 bits per heavy atom. The molecule has 3 heterocycles. The van der Waals surface area contributed by atoms with Crippen LogP contribution in [0.4, 0.5) is 5.69 Å². The molecule has 1 amide bonds. The van der Waals surface area contributed by atoms with Gasteiger partial charge in [0.1, 0.15) is 21.7 Å². The van der Waals surface area contributed by atoms with Gasteiger partial charge in [-0.3, -0.25) is 9.20 Å². The molecule has 0 radical (unpaired) electrons. The fraction of sp³-hybridized carbons (Fsp3) is 0.176. The van der Waals surface area contributed by atoms with E-state index in [4.69, 9.17) is 4.74 Å². The van der Waals surface area contributed by atoms with Crippen LogP contribution in [0.2, 0.25) is 0 Å². The fourth-order valence-corrected chi connectivity index (χ4v) is 3.27. The topological polar surface area (TPSA) is 55.6 Å². The van der Waals surface area contributed by atoms with Crippen molar-refractivity contribution >= 4 is 33.2 Å². The largest absolute Gasteiger partial charge is 0.479 e. The lowest BCUT2D eigenvalue weighted by molar-refractivity contribution is -0.122. The molecule has 0 bridgehead atoms. The standard InChI is InChI=1S/C17H14BrN3O2/c1-9-5-6-21-14(7-9)20-15(16(21)18)11-3-4-13-12(8-11)19-17(22)10(2)23-13/h3-8,10H,1-2H3,(H,19,22). The third kappa shape index (κ3) is 2.30. The summed E-state index contributed by atoms with van der Waals surface area (Å²) in [5.41, 5.74) is 4.44. The predicted molar refractivity (Wildman–Crippen MR) is 91.8 cm³/mol. The Morgan fingerprint density at radius 2 is 2.13 bits per heavy atom. The Balaban J connectivity index is 1.84. The fourth-order valence-electron chi connectivity index (χ4n) is 2.66. The number of nitrogens with one attached hydrogen (secondary N) is 1. The Morgan fingerprint density at radius 1 is 1.30 bits per heavy atom. The van der Waals surface area contributed by atoms with Crippen LogP contribution in [0.1, 0.15) is 12.5 Å². The van der Waals surface area contributed by atoms with Crippen molar-refractivity contribution in [1.29, 1.82) is 0 Å². The molecular formula is C17H14BrN3O2. The maximum Gasteiger partial charge on any atom is 0.265 e. The van der Waals surface area contributed by atoms with Gasteiger partial charge in [0.05, 0.1) is 5.69 Å². The molecule has 1 aliphatic heterocycles. The monoisotopic (exact) mass is 371 g/mol. The van der Waals surface area contributed by atoms with Crippen LogP contribution < -0.4 is 10.1 Å². The molecule has 4 rings (SSSR count). The number of pyridine rings is 1. The van der Waals surface area contributed by atoms with Crippen LogP contribution >= 0.6 is 15.9 Å². The normalized spacial score (nSPS) is 16.8. The number of hydrogen-bond donors (Lipinski definition) is 1. The molecule has 0 spiro atoms. The second kappa shape index (κ2) is 5.09. The summed E-state index contributed by atoms with van der Waals surface area (Å²) in [6, 6.07) is 9.76. The van der Waals surface area contributed by atoms with Crippen LogP contribution in [-0.2, 0) is 4.79 Å². The van der Waals surface area contributed by atoms with E-state index < -0.39 is 6.10 Å². The minimum Gasteiger partial charge on any atom is -0.479 e. The van der Waals surface area contributed by atoms with Gasteiger partial charge in [-0.15, -0.1) is 0 Å². The number of hydrogen-bond acceptors (Lipinski definition) is 3. The Hall–Kier alpha value is -2.34. The molecule has 0 aliphatic carbocycles. The first-order chi connectivity index (χ1) is 11.0. The van der Waals surface area contributed by atoms with Gasteiger partial charge in [0.25, 0.3) is 5.91 Å². The van der Waals surface area contributed by atoms with Gasteiger partial charge < -0.3 is 10.1 Å². The number of amides is 1. The van der Waals surface area contributed by atoms with Crippen molar-refractivity contribution in [3.8, 4) is 17.0 Å². The Kier molecular flexibility index (Phi) is 3.16. The van der Waals surface area contributed by atoms with Crippen molar-refractivity contribution in [1.82, 2.24) is 9.38 Å². The highest BCUT2D eigenvalue weighted by Crippen LogP contribution is 2.36. The van der Waals surface area contributed by atoms with Crippen LogP contribution in [0.25, 0.3) is 16.9 Å². The molecule has 6 heteroatoms. The van der Waals surface area contributed by atoms with Gasteiger partial charge >= 0.3 is 0 Å². The zero-order valence-corrected chi connectivity index (χ0v) is 14.2. The van der Waals surface area contributed by atoms with Gasteiger partial charge in [-0.1, -0.05) is 0 Å². The molecule has 1 aliphatic rings. The van der Waals surface area contributed by atoms with E-state index in [1.807, 2.05) is 47.9 Å². The first-order valence-corrected chi connectivity index (χ1v) is 8.08. The van der Waals surface area contributed by atoms with Crippen molar-refractivity contribution in [3.63, 3.8) is 0 Å². The SMILES string of the molecule is Cc1ccn2c(Br)c(-c3ccc4c(c3)NC(=O)C(C)O4)nc2c1. The lowest BCUT2D eigenvalue weighted by atomic mass is 10.1. The molecular weight excluding hydrogens is 358 g/mol. The molecule has 0 saturated heterocycles. The van der Waals surface area contributed by atoms with Gasteiger partial charge in [-0.25, -0.2) is 4.98 Å². The summed E-state index contributed by atoms with van der Waals surface area (Å²) in [6.07, 6.45) is 1.51. The van der Waals surface area contributed by atoms with E-state index in [-0.39, 0.29) is 5.91 Å². The summed E-state index contributed by atoms with van der Waals surface area (Å²) in [4.78, 5) is 16.5. The Bertz CT molecular complexity index is 948. The zero-order chi connectivity index (χ0) is 16.1. The quantitative estimate of drug-likeness (QED) is 0.707. The molecule has 3 aromatic rings. The van der Waals surface area contributed by atoms with Crippen molar-refractivity contribution in [2.75, 3.05) is 5.32 Å². The smallest absolute Gasteiger partial charge is 0.265 e. The minimum absolute atomic E-state index is 0.139. The molecule has 1 N–H and O–H groups in total. The predicted octanol–water partition coefficient (Wildman–Crippen LogP) is 3.79. The minimum atomic E-state index is -0.474. The molecule has 1 unspecified atom stereocenters. The first kappa shape index (κ1) is 14.3. The average molecular weight is 372 g/mol. The van der Waals surface area contributed by atoms with E-state index in [2.05, 4.69) is 26.2 Å². The number of aromatic nitrogens is 2. The van der Waals surface area contributed by atoms with Gasteiger partial charge in [-0.2, -0.15) is 0 Å². The van der Waals surface area contributed by atoms with Gasteiger partial charge in [0, 0.05) is 11.8 Å². The third-order valence-corrected chi connectivity index (χ3v) is 4.66. The number of benzene rings is 1. The number of halogens is 1. The second-order valence-corrected chi connectivity index (χ2v) is 6.39. The maximum absolute atomic E-state index is 11.8. The molecule has 1 atom stereocenters. The van der Waals surface area contributed by atoms with E-state index in [0.29, 0.717) is 11.4 Å². The van der Waals surface area contributed by atoms with Crippen LogP contribution in [0.3, 0.4) is 0 Å². The molecule has 23 heavy (non-hydrogen) atoms. The molecule has 0 fully saturated rings. The van der Waals surface area contributed by atoms with Crippen LogP contribution in [0.5, 0.6) is 5.75 Å². The highest BCUT2D eigenvalue weighted by atomic mass is 79.9. The first-order valence-electron chi connectivity index (χ1n) is 7.29. The van der Waals surface area contributed by atoms with E-state index in [9.17, 15) is 4.79 Å². The zero-order valence-electron chi connectivity index (χ0n) is 12.6. The van der Waals surface area contributed by atoms with E-state index >= 15 is 0 Å². The number of rotatable bonds is 1. The number of aryl methyl sites for hydroxylation is 1. The highest BCUT2D eigenvalue weighted by molar-refractivity contribution is 9.10. The van der Waals surface area contributed by atoms with Gasteiger partial charge in [0.2, 0.25) is 0 Å². The van der Waals surface area contributed by atoms with E-state index in [1.165, 1.54) is 0 Å². The lowest BCUT2D eigenvalue weighted by Crippen LogP contribution is -2.34. The molecule has 116 valence electrons. The summed E-state index contributed by atoms with van der Waals surface area (Å²) in [6.45, 7) is 3.77.